The van der Waals surface area contributed by atoms with E-state index >= 15 is 0 Å². The first-order valence-corrected chi connectivity index (χ1v) is 12.0. The molecule has 2 saturated heterocycles. The lowest BCUT2D eigenvalue weighted by Crippen LogP contribution is -2.63. The average Bonchev–Trinajstić information content (AvgIpc) is 3.20. The lowest BCUT2D eigenvalue weighted by molar-refractivity contribution is -0.173. The molecule has 6 aliphatic rings. The average molecular weight is 531 g/mol. The number of epoxide rings is 1. The lowest BCUT2D eigenvalue weighted by atomic mass is 9.43. The molecule has 0 aromatic heterocycles. The summed E-state index contributed by atoms with van der Waals surface area (Å²) in [6.45, 7) is 6.71. The Morgan fingerprint density at radius 1 is 1.12 bits per heavy atom. The molecule has 6 rings (SSSR count). The normalized spacial score (nSPS) is 47.3. The second kappa shape index (κ2) is 8.73. The Morgan fingerprint density at radius 2 is 1.85 bits per heavy atom. The fourth-order valence-electron chi connectivity index (χ4n) is 8.78. The van der Waals surface area contributed by atoms with Crippen molar-refractivity contribution in [2.24, 2.45) is 28.6 Å². The van der Waals surface area contributed by atoms with Crippen molar-refractivity contribution in [2.75, 3.05) is 6.61 Å². The van der Waals surface area contributed by atoms with Gasteiger partial charge < -0.3 is 14.2 Å². The van der Waals surface area contributed by atoms with Gasteiger partial charge in [-0.25, -0.2) is 0 Å². The minimum absolute atomic E-state index is 0. The third-order valence-corrected chi connectivity index (χ3v) is 10.3. The molecule has 0 bridgehead atoms. The molecule has 192 valence electrons. The third-order valence-electron chi connectivity index (χ3n) is 10.3. The minimum atomic E-state index is -0.425. The molecule has 0 N–H and O–H groups in total. The summed E-state index contributed by atoms with van der Waals surface area (Å²) in [6, 6.07) is 0. The fourth-order valence-corrected chi connectivity index (χ4v) is 8.78. The number of rotatable bonds is 2. The maximum Gasteiger partial charge on any atom is 0.309 e. The first kappa shape index (κ1) is 27.9. The monoisotopic (exact) mass is 530 g/mol. The van der Waals surface area contributed by atoms with Crippen LogP contribution in [0.3, 0.4) is 0 Å². The predicted molar refractivity (Wildman–Crippen MR) is 141 cm³/mol. The van der Waals surface area contributed by atoms with Crippen LogP contribution < -0.4 is 0 Å². The summed E-state index contributed by atoms with van der Waals surface area (Å²) in [7, 11) is 0. The molecule has 2 aliphatic heterocycles. The molecule has 0 amide bonds. The molecule has 34 heavy (non-hydrogen) atoms. The van der Waals surface area contributed by atoms with Crippen LogP contribution >= 0.6 is 40.5 Å². The number of hydrogen-bond donors (Lipinski definition) is 0. The van der Waals surface area contributed by atoms with Gasteiger partial charge >= 0.3 is 11.9 Å². The molecule has 2 heterocycles. The first-order valence-electron chi connectivity index (χ1n) is 12.0. The first-order chi connectivity index (χ1) is 14.7. The Labute approximate surface area is 222 Å². The number of ketones is 1. The summed E-state index contributed by atoms with van der Waals surface area (Å²) < 4.78 is 18.3. The lowest BCUT2D eigenvalue weighted by Gasteiger charge is -2.58. The number of carbonyl (C=O) groups excluding carboxylic acids is 3. The highest BCUT2D eigenvalue weighted by Crippen LogP contribution is 2.78. The summed E-state index contributed by atoms with van der Waals surface area (Å²) in [6.07, 6.45) is 7.64. The van der Waals surface area contributed by atoms with Crippen molar-refractivity contribution in [3.63, 3.8) is 0 Å². The molecule has 5 fully saturated rings. The quantitative estimate of drug-likeness (QED) is 0.398. The summed E-state index contributed by atoms with van der Waals surface area (Å²) >= 11 is 0. The van der Waals surface area contributed by atoms with Crippen molar-refractivity contribution < 1.29 is 28.6 Å². The number of esters is 2. The van der Waals surface area contributed by atoms with Crippen LogP contribution in [0, 0.1) is 28.6 Å². The van der Waals surface area contributed by atoms with Gasteiger partial charge in [-0.05, 0) is 57.4 Å². The Hall–Kier alpha value is -0.640. The SMILES string of the molecule is CCOC(=O)[C@@H]1CC2=CC(=O)CC[C@]2(C)[C@@]23O[C@@H]2C[C@@]2(C)[C@@H](CC[C@@]24CCC(=O)O4)[C@H]13.S.S.S. The van der Waals surface area contributed by atoms with Crippen LogP contribution in [0.1, 0.15) is 72.1 Å². The van der Waals surface area contributed by atoms with Gasteiger partial charge in [0.2, 0.25) is 0 Å². The molecule has 0 unspecified atom stereocenters. The molecule has 4 aliphatic carbocycles. The van der Waals surface area contributed by atoms with E-state index in [1.165, 1.54) is 0 Å². The summed E-state index contributed by atoms with van der Waals surface area (Å²) in [5.74, 6) is -0.154. The van der Waals surface area contributed by atoms with Crippen molar-refractivity contribution in [3.8, 4) is 0 Å². The Morgan fingerprint density at radius 3 is 2.50 bits per heavy atom. The Kier molecular flexibility index (Phi) is 7.18. The topological polar surface area (TPSA) is 82.2 Å². The van der Waals surface area contributed by atoms with Gasteiger partial charge in [0.1, 0.15) is 11.2 Å². The molecule has 2 spiro atoms. The van der Waals surface area contributed by atoms with Crippen LogP contribution in [-0.2, 0) is 28.6 Å². The zero-order valence-corrected chi connectivity index (χ0v) is 23.2. The van der Waals surface area contributed by atoms with Gasteiger partial charge in [0.25, 0.3) is 0 Å². The molecule has 0 aromatic carbocycles. The van der Waals surface area contributed by atoms with Crippen molar-refractivity contribution in [1.82, 2.24) is 0 Å². The summed E-state index contributed by atoms with van der Waals surface area (Å²) in [5.41, 5.74) is -0.174. The van der Waals surface area contributed by atoms with Gasteiger partial charge in [-0.15, -0.1) is 0 Å². The fraction of sp³-hybridized carbons (Fsp3) is 0.800. The van der Waals surface area contributed by atoms with Crippen LogP contribution in [0.2, 0.25) is 0 Å². The number of hydrogen-bond acceptors (Lipinski definition) is 6. The summed E-state index contributed by atoms with van der Waals surface area (Å²) in [5, 5.41) is 0. The minimum Gasteiger partial charge on any atom is -0.466 e. The van der Waals surface area contributed by atoms with Crippen molar-refractivity contribution in [1.29, 1.82) is 0 Å². The molecule has 8 atom stereocenters. The molecule has 0 aromatic rings. The maximum absolute atomic E-state index is 13.3. The van der Waals surface area contributed by atoms with E-state index in [-0.39, 0.29) is 92.9 Å². The number of carbonyl (C=O) groups is 3. The van der Waals surface area contributed by atoms with Gasteiger partial charge in [0, 0.05) is 29.6 Å². The van der Waals surface area contributed by atoms with Crippen LogP contribution in [0.5, 0.6) is 0 Å². The molecule has 6 nitrogen and oxygen atoms in total. The Bertz CT molecular complexity index is 938. The van der Waals surface area contributed by atoms with E-state index in [4.69, 9.17) is 14.2 Å². The van der Waals surface area contributed by atoms with Crippen molar-refractivity contribution >= 4 is 58.2 Å². The van der Waals surface area contributed by atoms with Crippen LogP contribution in [0.4, 0.5) is 0 Å². The standard InChI is InChI=1S/C25H32O6.3H2S/c1-4-29-21(28)16-12-14-11-15(26)5-8-22(14,2)25-18(30-25)13-23(3)17(20(16)25)6-9-24(23)10-7-19(27)31-24;;;/h11,16-18,20H,4-10,12-13H2,1-3H3;3*1H2/t16-,17+,18-,20+,22+,23+,24-,25-;;;/m1.../s1. The molecule has 3 saturated carbocycles. The number of fused-ring (bicyclic) bond motifs is 4. The van der Waals surface area contributed by atoms with Crippen LogP contribution in [0.15, 0.2) is 11.6 Å². The zero-order valence-electron chi connectivity index (χ0n) is 20.2. The summed E-state index contributed by atoms with van der Waals surface area (Å²) in [4.78, 5) is 37.7. The van der Waals surface area contributed by atoms with Gasteiger partial charge in [-0.3, -0.25) is 14.4 Å². The Balaban J connectivity index is 0.00000108. The zero-order chi connectivity index (χ0) is 21.8. The van der Waals surface area contributed by atoms with E-state index in [2.05, 4.69) is 13.8 Å². The van der Waals surface area contributed by atoms with Crippen LogP contribution in [-0.4, -0.2) is 41.6 Å². The van der Waals surface area contributed by atoms with E-state index in [0.29, 0.717) is 25.9 Å². The van der Waals surface area contributed by atoms with E-state index in [1.807, 2.05) is 6.92 Å². The van der Waals surface area contributed by atoms with Gasteiger partial charge in [-0.1, -0.05) is 19.4 Å². The second-order valence-electron chi connectivity index (χ2n) is 11.2. The molecular formula is C25H38O6S3. The van der Waals surface area contributed by atoms with E-state index in [9.17, 15) is 14.4 Å². The van der Waals surface area contributed by atoms with E-state index < -0.39 is 11.2 Å². The molecule has 9 heteroatoms. The van der Waals surface area contributed by atoms with Gasteiger partial charge in [-0.2, -0.15) is 40.5 Å². The van der Waals surface area contributed by atoms with E-state index in [1.54, 1.807) is 6.08 Å². The third kappa shape index (κ3) is 3.18. The predicted octanol–water partition coefficient (Wildman–Crippen LogP) is 3.85. The second-order valence-corrected chi connectivity index (χ2v) is 11.2. The van der Waals surface area contributed by atoms with Crippen LogP contribution in [0.25, 0.3) is 0 Å². The highest BCUT2D eigenvalue weighted by molar-refractivity contribution is 7.59. The van der Waals surface area contributed by atoms with E-state index in [0.717, 1.165) is 37.7 Å². The highest BCUT2D eigenvalue weighted by Gasteiger charge is 2.83. The smallest absolute Gasteiger partial charge is 0.309 e. The maximum atomic E-state index is 13.3. The number of ether oxygens (including phenoxy) is 3. The molecule has 0 radical (unpaired) electrons. The highest BCUT2D eigenvalue weighted by atomic mass is 32.1. The van der Waals surface area contributed by atoms with Crippen molar-refractivity contribution in [3.05, 3.63) is 11.6 Å². The van der Waals surface area contributed by atoms with Crippen molar-refractivity contribution in [2.45, 2.75) is 89.4 Å². The molecular weight excluding hydrogens is 492 g/mol. The largest absolute Gasteiger partial charge is 0.466 e. The van der Waals surface area contributed by atoms with Gasteiger partial charge in [0.15, 0.2) is 5.78 Å². The van der Waals surface area contributed by atoms with Gasteiger partial charge in [0.05, 0.1) is 18.6 Å².